The molecule has 0 aromatic heterocycles. The van der Waals surface area contributed by atoms with E-state index in [1.165, 1.54) is 0 Å². The molecule has 1 aromatic rings. The summed E-state index contributed by atoms with van der Waals surface area (Å²) < 4.78 is 24.6. The van der Waals surface area contributed by atoms with Gasteiger partial charge in [0.2, 0.25) is 10.0 Å². The Labute approximate surface area is 114 Å². The molecule has 0 saturated carbocycles. The van der Waals surface area contributed by atoms with Crippen molar-refractivity contribution in [3.63, 3.8) is 0 Å². The van der Waals surface area contributed by atoms with Crippen molar-refractivity contribution in [1.29, 1.82) is 0 Å². The second-order valence-electron chi connectivity index (χ2n) is 3.65. The molecule has 1 rings (SSSR count). The number of anilines is 1. The van der Waals surface area contributed by atoms with Crippen molar-refractivity contribution in [2.45, 2.75) is 0 Å². The molecule has 0 aliphatic heterocycles. The molecule has 0 fully saturated rings. The lowest BCUT2D eigenvalue weighted by Gasteiger charge is -2.08. The fourth-order valence-corrected chi connectivity index (χ4v) is 2.07. The van der Waals surface area contributed by atoms with Crippen molar-refractivity contribution < 1.29 is 13.2 Å². The normalized spacial score (nSPS) is 11.2. The number of nitrogens with one attached hydrogen (secondary N) is 2. The number of sulfonamides is 1. The summed E-state index contributed by atoms with van der Waals surface area (Å²) in [5.41, 5.74) is 6.39. The van der Waals surface area contributed by atoms with Gasteiger partial charge in [-0.05, 0) is 18.2 Å². The number of rotatable bonds is 5. The lowest BCUT2D eigenvalue weighted by Crippen LogP contribution is -2.34. The average molecular weight is 336 g/mol. The first-order chi connectivity index (χ1) is 8.29. The summed E-state index contributed by atoms with van der Waals surface area (Å²) in [7, 11) is -3.24. The van der Waals surface area contributed by atoms with Crippen molar-refractivity contribution in [3.8, 4) is 0 Å². The molecule has 0 heterocycles. The van der Waals surface area contributed by atoms with Gasteiger partial charge in [-0.15, -0.1) is 0 Å². The minimum absolute atomic E-state index is 0.137. The largest absolute Gasteiger partial charge is 0.398 e. The topological polar surface area (TPSA) is 101 Å². The van der Waals surface area contributed by atoms with Crippen molar-refractivity contribution in [3.05, 3.63) is 28.2 Å². The highest BCUT2D eigenvalue weighted by molar-refractivity contribution is 9.10. The number of nitrogen functional groups attached to an aromatic ring is 1. The predicted octanol–water partition coefficient (Wildman–Crippen LogP) is 0.310. The van der Waals surface area contributed by atoms with Crippen LogP contribution in [0.4, 0.5) is 5.69 Å². The molecule has 18 heavy (non-hydrogen) atoms. The van der Waals surface area contributed by atoms with E-state index in [0.29, 0.717) is 11.3 Å². The minimum atomic E-state index is -3.24. The Morgan fingerprint density at radius 1 is 1.39 bits per heavy atom. The van der Waals surface area contributed by atoms with Crippen LogP contribution in [0.5, 0.6) is 0 Å². The zero-order chi connectivity index (χ0) is 13.8. The monoisotopic (exact) mass is 335 g/mol. The molecule has 0 aliphatic carbocycles. The molecule has 6 nitrogen and oxygen atoms in total. The van der Waals surface area contributed by atoms with Gasteiger partial charge in [-0.25, -0.2) is 13.1 Å². The number of hydrogen-bond donors (Lipinski definition) is 3. The first-order valence-electron chi connectivity index (χ1n) is 5.07. The van der Waals surface area contributed by atoms with Crippen molar-refractivity contribution in [2.24, 2.45) is 0 Å². The molecule has 0 spiro atoms. The van der Waals surface area contributed by atoms with E-state index < -0.39 is 10.0 Å². The number of hydrogen-bond acceptors (Lipinski definition) is 4. The van der Waals surface area contributed by atoms with E-state index in [-0.39, 0.29) is 19.0 Å². The molecular weight excluding hydrogens is 322 g/mol. The lowest BCUT2D eigenvalue weighted by molar-refractivity contribution is 0.0955. The Bertz CT molecular complexity index is 545. The molecule has 0 saturated heterocycles. The van der Waals surface area contributed by atoms with Gasteiger partial charge in [0.25, 0.3) is 5.91 Å². The summed E-state index contributed by atoms with van der Waals surface area (Å²) in [6.07, 6.45) is 1.06. The van der Waals surface area contributed by atoms with Gasteiger partial charge in [0, 0.05) is 23.2 Å². The average Bonchev–Trinajstić information content (AvgIpc) is 2.26. The molecule has 0 atom stereocenters. The number of benzene rings is 1. The Morgan fingerprint density at radius 2 is 2.06 bits per heavy atom. The number of carbonyl (C=O) groups excluding carboxylic acids is 1. The van der Waals surface area contributed by atoms with Crippen LogP contribution in [0.1, 0.15) is 10.4 Å². The third-order valence-corrected chi connectivity index (χ3v) is 3.26. The second kappa shape index (κ2) is 6.17. The highest BCUT2D eigenvalue weighted by atomic mass is 79.9. The third-order valence-electron chi connectivity index (χ3n) is 2.03. The van der Waals surface area contributed by atoms with Gasteiger partial charge in [-0.3, -0.25) is 4.79 Å². The van der Waals surface area contributed by atoms with Crippen LogP contribution in [0, 0.1) is 0 Å². The maximum atomic E-state index is 11.8. The smallest absolute Gasteiger partial charge is 0.253 e. The first kappa shape index (κ1) is 14.9. The summed E-state index contributed by atoms with van der Waals surface area (Å²) in [6, 6.07) is 4.96. The Morgan fingerprint density at radius 3 is 2.67 bits per heavy atom. The van der Waals surface area contributed by atoms with Crippen LogP contribution < -0.4 is 15.8 Å². The van der Waals surface area contributed by atoms with Crippen LogP contribution >= 0.6 is 15.9 Å². The highest BCUT2D eigenvalue weighted by Crippen LogP contribution is 2.18. The van der Waals surface area contributed by atoms with Crippen LogP contribution in [0.2, 0.25) is 0 Å². The van der Waals surface area contributed by atoms with Gasteiger partial charge in [-0.2, -0.15) is 0 Å². The highest BCUT2D eigenvalue weighted by Gasteiger charge is 2.09. The van der Waals surface area contributed by atoms with Gasteiger partial charge in [0.05, 0.1) is 11.8 Å². The Kier molecular flexibility index (Phi) is 5.12. The van der Waals surface area contributed by atoms with Crippen LogP contribution in [-0.2, 0) is 10.0 Å². The van der Waals surface area contributed by atoms with E-state index in [4.69, 9.17) is 5.73 Å². The van der Waals surface area contributed by atoms with Crippen LogP contribution in [-0.4, -0.2) is 33.7 Å². The summed E-state index contributed by atoms with van der Waals surface area (Å²) >= 11 is 3.25. The standard InChI is InChI=1S/C10H14BrN3O3S/c1-18(16,17)14-5-4-13-10(15)8-6-7(11)2-3-9(8)12/h2-3,6,14H,4-5,12H2,1H3,(H,13,15). The molecule has 0 aliphatic rings. The number of carbonyl (C=O) groups is 1. The fraction of sp³-hybridized carbons (Fsp3) is 0.300. The van der Waals surface area contributed by atoms with E-state index in [1.807, 2.05) is 0 Å². The zero-order valence-corrected chi connectivity index (χ0v) is 12.1. The minimum Gasteiger partial charge on any atom is -0.398 e. The van der Waals surface area contributed by atoms with Crippen molar-refractivity contribution in [2.75, 3.05) is 25.1 Å². The Balaban J connectivity index is 2.53. The van der Waals surface area contributed by atoms with Gasteiger partial charge >= 0.3 is 0 Å². The number of nitrogens with two attached hydrogens (primary N) is 1. The molecule has 0 unspecified atom stereocenters. The summed E-state index contributed by atoms with van der Waals surface area (Å²) in [5, 5.41) is 2.57. The van der Waals surface area contributed by atoms with E-state index in [2.05, 4.69) is 26.0 Å². The van der Waals surface area contributed by atoms with E-state index in [9.17, 15) is 13.2 Å². The molecule has 8 heteroatoms. The first-order valence-corrected chi connectivity index (χ1v) is 7.76. The third kappa shape index (κ3) is 5.03. The molecule has 1 aromatic carbocycles. The SMILES string of the molecule is CS(=O)(=O)NCCNC(=O)c1cc(Br)ccc1N. The Hall–Kier alpha value is -1.12. The summed E-state index contributed by atoms with van der Waals surface area (Å²) in [5.74, 6) is -0.343. The molecular formula is C10H14BrN3O3S. The molecule has 4 N–H and O–H groups in total. The van der Waals surface area contributed by atoms with Gasteiger partial charge in [0.15, 0.2) is 0 Å². The fourth-order valence-electron chi connectivity index (χ4n) is 1.23. The zero-order valence-electron chi connectivity index (χ0n) is 9.73. The molecule has 100 valence electrons. The van der Waals surface area contributed by atoms with Crippen molar-refractivity contribution in [1.82, 2.24) is 10.0 Å². The quantitative estimate of drug-likeness (QED) is 0.532. The second-order valence-corrected chi connectivity index (χ2v) is 6.40. The predicted molar refractivity (Wildman–Crippen MR) is 73.7 cm³/mol. The van der Waals surface area contributed by atoms with Gasteiger partial charge in [-0.1, -0.05) is 15.9 Å². The van der Waals surface area contributed by atoms with Crippen LogP contribution in [0.25, 0.3) is 0 Å². The maximum Gasteiger partial charge on any atom is 0.253 e. The molecule has 1 amide bonds. The van der Waals surface area contributed by atoms with E-state index >= 15 is 0 Å². The lowest BCUT2D eigenvalue weighted by atomic mass is 10.1. The molecule has 0 radical (unpaired) electrons. The van der Waals surface area contributed by atoms with Crippen LogP contribution in [0.3, 0.4) is 0 Å². The maximum absolute atomic E-state index is 11.8. The van der Waals surface area contributed by atoms with E-state index in [1.54, 1.807) is 18.2 Å². The van der Waals surface area contributed by atoms with Gasteiger partial charge in [0.1, 0.15) is 0 Å². The molecule has 0 bridgehead atoms. The number of amides is 1. The number of halogens is 1. The van der Waals surface area contributed by atoms with Crippen molar-refractivity contribution >= 4 is 37.5 Å². The van der Waals surface area contributed by atoms with E-state index in [0.717, 1.165) is 10.7 Å². The van der Waals surface area contributed by atoms with Crippen LogP contribution in [0.15, 0.2) is 22.7 Å². The summed E-state index contributed by atoms with van der Waals surface area (Å²) in [6.45, 7) is 0.330. The summed E-state index contributed by atoms with van der Waals surface area (Å²) in [4.78, 5) is 11.8. The van der Waals surface area contributed by atoms with Gasteiger partial charge < -0.3 is 11.1 Å².